The van der Waals surface area contributed by atoms with E-state index in [1.165, 1.54) is 0 Å². The van der Waals surface area contributed by atoms with E-state index in [1.807, 2.05) is 41.5 Å². The number of nitrogens with zero attached hydrogens (tertiary/aromatic N) is 4. The van der Waals surface area contributed by atoms with E-state index in [0.29, 0.717) is 24.8 Å². The maximum absolute atomic E-state index is 13.0. The van der Waals surface area contributed by atoms with Gasteiger partial charge in [0, 0.05) is 24.4 Å². The summed E-state index contributed by atoms with van der Waals surface area (Å²) in [5, 5.41) is 3.59. The van der Waals surface area contributed by atoms with Crippen molar-refractivity contribution in [2.24, 2.45) is 0 Å². The Morgan fingerprint density at radius 3 is 2.85 bits per heavy atom. The number of benzene rings is 1. The molecule has 7 heteroatoms. The minimum atomic E-state index is 0.00525. The van der Waals surface area contributed by atoms with E-state index < -0.39 is 0 Å². The number of rotatable bonds is 2. The minimum absolute atomic E-state index is 0.00525. The molecule has 0 radical (unpaired) electrons. The maximum Gasteiger partial charge on any atom is 0.261 e. The Kier molecular flexibility index (Phi) is 3.86. The van der Waals surface area contributed by atoms with Crippen LogP contribution in [-0.2, 0) is 24.2 Å². The molecule has 3 aromatic rings. The van der Waals surface area contributed by atoms with E-state index in [1.54, 1.807) is 15.9 Å². The van der Waals surface area contributed by atoms with Gasteiger partial charge in [-0.05, 0) is 31.9 Å². The third kappa shape index (κ3) is 2.77. The summed E-state index contributed by atoms with van der Waals surface area (Å²) >= 11 is 1.57. The molecule has 138 valence electrons. The zero-order valence-corrected chi connectivity index (χ0v) is 15.9. The van der Waals surface area contributed by atoms with Crippen molar-refractivity contribution in [3.05, 3.63) is 56.5 Å². The summed E-state index contributed by atoms with van der Waals surface area (Å²) in [7, 11) is 0. The van der Waals surface area contributed by atoms with E-state index in [4.69, 9.17) is 4.98 Å². The Labute approximate surface area is 160 Å². The predicted octanol–water partition coefficient (Wildman–Crippen LogP) is 2.32. The largest absolute Gasteiger partial charge is 0.334 e. The molecule has 4 heterocycles. The normalized spacial score (nSPS) is 21.3. The van der Waals surface area contributed by atoms with Crippen molar-refractivity contribution >= 4 is 28.1 Å². The van der Waals surface area contributed by atoms with Crippen LogP contribution in [0.5, 0.6) is 0 Å². The highest BCUT2D eigenvalue weighted by Crippen LogP contribution is 2.31. The third-order valence-electron chi connectivity index (χ3n) is 5.66. The van der Waals surface area contributed by atoms with E-state index in [0.717, 1.165) is 34.9 Å². The van der Waals surface area contributed by atoms with Gasteiger partial charge in [-0.3, -0.25) is 14.2 Å². The Hall–Kier alpha value is -2.54. The number of hydrogen-bond donors (Lipinski definition) is 0. The van der Waals surface area contributed by atoms with Crippen LogP contribution < -0.4 is 5.56 Å². The fraction of sp³-hybridized carbons (Fsp3) is 0.400. The predicted molar refractivity (Wildman–Crippen MR) is 104 cm³/mol. The number of para-hydroxylation sites is 1. The average Bonchev–Trinajstić information content (AvgIpc) is 3.18. The first-order valence-electron chi connectivity index (χ1n) is 9.31. The van der Waals surface area contributed by atoms with Crippen molar-refractivity contribution in [3.8, 4) is 0 Å². The van der Waals surface area contributed by atoms with Crippen LogP contribution in [0.2, 0.25) is 0 Å². The molecule has 1 saturated heterocycles. The van der Waals surface area contributed by atoms with Gasteiger partial charge >= 0.3 is 0 Å². The highest BCUT2D eigenvalue weighted by atomic mass is 32.1. The number of amides is 1. The number of aryl methyl sites for hydroxylation is 1. The highest BCUT2D eigenvalue weighted by Gasteiger charge is 2.40. The van der Waals surface area contributed by atoms with Gasteiger partial charge in [0.15, 0.2) is 0 Å². The number of fused-ring (bicyclic) bond motifs is 4. The molecule has 2 aliphatic heterocycles. The fourth-order valence-electron chi connectivity index (χ4n) is 4.46. The zero-order valence-electron chi connectivity index (χ0n) is 15.1. The summed E-state index contributed by atoms with van der Waals surface area (Å²) in [5.74, 6) is 0.909. The van der Waals surface area contributed by atoms with Crippen LogP contribution in [0.15, 0.2) is 34.4 Å². The average molecular weight is 380 g/mol. The first-order valence-corrected chi connectivity index (χ1v) is 10.2. The molecule has 5 rings (SSSR count). The van der Waals surface area contributed by atoms with Crippen LogP contribution >= 0.6 is 11.3 Å². The Balaban J connectivity index is 1.50. The maximum atomic E-state index is 13.0. The Morgan fingerprint density at radius 1 is 1.22 bits per heavy atom. The van der Waals surface area contributed by atoms with Crippen molar-refractivity contribution < 1.29 is 4.79 Å². The van der Waals surface area contributed by atoms with Crippen molar-refractivity contribution in [2.45, 2.75) is 51.2 Å². The van der Waals surface area contributed by atoms with Gasteiger partial charge in [-0.2, -0.15) is 0 Å². The summed E-state index contributed by atoms with van der Waals surface area (Å²) in [6.07, 6.45) is 2.87. The van der Waals surface area contributed by atoms with Gasteiger partial charge in [0.2, 0.25) is 5.91 Å². The standard InChI is InChI=1S/C20H20N4O2S/c1-12-21-13(11-27-12)8-19(25)24-14-6-7-15(24)10-23-18(9-14)22-17-5-3-2-4-16(17)20(23)26/h2-5,11,14-15H,6-10H2,1H3. The lowest BCUT2D eigenvalue weighted by atomic mass is 10.1. The molecule has 0 N–H and O–H groups in total. The monoisotopic (exact) mass is 380 g/mol. The number of hydrogen-bond acceptors (Lipinski definition) is 5. The lowest BCUT2D eigenvalue weighted by molar-refractivity contribution is -0.133. The molecular weight excluding hydrogens is 360 g/mol. The van der Waals surface area contributed by atoms with Gasteiger partial charge in [0.05, 0.1) is 34.1 Å². The second-order valence-electron chi connectivity index (χ2n) is 7.39. The van der Waals surface area contributed by atoms with Crippen molar-refractivity contribution in [1.29, 1.82) is 0 Å². The smallest absolute Gasteiger partial charge is 0.261 e. The number of aromatic nitrogens is 3. The summed E-state index contributed by atoms with van der Waals surface area (Å²) < 4.78 is 1.79. The van der Waals surface area contributed by atoms with Gasteiger partial charge in [0.25, 0.3) is 5.56 Å². The fourth-order valence-corrected chi connectivity index (χ4v) is 5.08. The molecule has 6 nitrogen and oxygen atoms in total. The molecule has 2 aromatic heterocycles. The van der Waals surface area contributed by atoms with Crippen LogP contribution in [0, 0.1) is 6.92 Å². The molecule has 2 aliphatic rings. The first-order chi connectivity index (χ1) is 13.1. The summed E-state index contributed by atoms with van der Waals surface area (Å²) in [4.78, 5) is 37.2. The summed E-state index contributed by atoms with van der Waals surface area (Å²) in [5.41, 5.74) is 1.58. The van der Waals surface area contributed by atoms with Crippen LogP contribution in [0.1, 0.15) is 29.4 Å². The number of carbonyl (C=O) groups excluding carboxylic acids is 1. The van der Waals surface area contributed by atoms with Gasteiger partial charge in [-0.15, -0.1) is 11.3 Å². The van der Waals surface area contributed by atoms with Crippen LogP contribution in [0.3, 0.4) is 0 Å². The molecule has 0 saturated carbocycles. The number of carbonyl (C=O) groups is 1. The van der Waals surface area contributed by atoms with E-state index in [9.17, 15) is 9.59 Å². The first kappa shape index (κ1) is 16.6. The molecule has 27 heavy (non-hydrogen) atoms. The molecule has 2 unspecified atom stereocenters. The molecule has 1 aromatic carbocycles. The third-order valence-corrected chi connectivity index (χ3v) is 6.48. The lowest BCUT2D eigenvalue weighted by Crippen LogP contribution is -2.43. The summed E-state index contributed by atoms with van der Waals surface area (Å²) in [6, 6.07) is 7.66. The topological polar surface area (TPSA) is 68.1 Å². The molecule has 1 fully saturated rings. The zero-order chi connectivity index (χ0) is 18.5. The molecule has 1 amide bonds. The molecule has 0 aliphatic carbocycles. The quantitative estimate of drug-likeness (QED) is 0.684. The van der Waals surface area contributed by atoms with Crippen molar-refractivity contribution in [3.63, 3.8) is 0 Å². The molecule has 2 bridgehead atoms. The van der Waals surface area contributed by atoms with Crippen LogP contribution in [0.4, 0.5) is 0 Å². The van der Waals surface area contributed by atoms with Crippen LogP contribution in [-0.4, -0.2) is 37.4 Å². The molecule has 0 spiro atoms. The van der Waals surface area contributed by atoms with Gasteiger partial charge in [-0.1, -0.05) is 12.1 Å². The van der Waals surface area contributed by atoms with Crippen molar-refractivity contribution in [2.75, 3.05) is 0 Å². The molecule has 2 atom stereocenters. The van der Waals surface area contributed by atoms with E-state index >= 15 is 0 Å². The van der Waals surface area contributed by atoms with Crippen LogP contribution in [0.25, 0.3) is 10.9 Å². The van der Waals surface area contributed by atoms with E-state index in [-0.39, 0.29) is 23.6 Å². The van der Waals surface area contributed by atoms with Gasteiger partial charge < -0.3 is 4.90 Å². The van der Waals surface area contributed by atoms with Crippen molar-refractivity contribution in [1.82, 2.24) is 19.4 Å². The second kappa shape index (κ2) is 6.27. The van der Waals surface area contributed by atoms with Gasteiger partial charge in [-0.25, -0.2) is 9.97 Å². The summed E-state index contributed by atoms with van der Waals surface area (Å²) in [6.45, 7) is 2.48. The Morgan fingerprint density at radius 2 is 2.04 bits per heavy atom. The molecular formula is C20H20N4O2S. The highest BCUT2D eigenvalue weighted by molar-refractivity contribution is 7.09. The van der Waals surface area contributed by atoms with E-state index in [2.05, 4.69) is 4.98 Å². The lowest BCUT2D eigenvalue weighted by Gasteiger charge is -2.27. The minimum Gasteiger partial charge on any atom is -0.334 e. The number of thiazole rings is 1. The Bertz CT molecular complexity index is 1100. The second-order valence-corrected chi connectivity index (χ2v) is 8.45. The SMILES string of the molecule is Cc1nc(CC(=O)N2C3CCC2Cn2c(nc4ccccc4c2=O)C3)cs1. The van der Waals surface area contributed by atoms with Gasteiger partial charge in [0.1, 0.15) is 5.82 Å².